The van der Waals surface area contributed by atoms with E-state index in [1.165, 1.54) is 12.1 Å². The molecule has 116 valence electrons. The van der Waals surface area contributed by atoms with Crippen molar-refractivity contribution in [3.63, 3.8) is 0 Å². The molecule has 0 radical (unpaired) electrons. The van der Waals surface area contributed by atoms with Crippen LogP contribution in [0, 0.1) is 5.92 Å². The Morgan fingerprint density at radius 1 is 1.33 bits per heavy atom. The molecule has 1 fully saturated rings. The van der Waals surface area contributed by atoms with Crippen molar-refractivity contribution >= 4 is 15.7 Å². The van der Waals surface area contributed by atoms with Gasteiger partial charge in [0, 0.05) is 12.3 Å². The fourth-order valence-corrected chi connectivity index (χ4v) is 2.88. The third-order valence-electron chi connectivity index (χ3n) is 3.63. The van der Waals surface area contributed by atoms with Crippen LogP contribution < -0.4 is 11.1 Å². The van der Waals surface area contributed by atoms with Crippen LogP contribution in [0.25, 0.3) is 0 Å². The zero-order chi connectivity index (χ0) is 15.6. The molecule has 0 bridgehead atoms. The Hall–Kier alpha value is -1.44. The van der Waals surface area contributed by atoms with Crippen molar-refractivity contribution in [2.45, 2.75) is 23.9 Å². The minimum atomic E-state index is -3.21. The van der Waals surface area contributed by atoms with Gasteiger partial charge in [0.2, 0.25) is 5.91 Å². The fourth-order valence-electron chi connectivity index (χ4n) is 2.25. The molecule has 1 aromatic rings. The summed E-state index contributed by atoms with van der Waals surface area (Å²) in [4.78, 5) is 12.4. The number of carbonyl (C=O) groups excluding carboxylic acids is 1. The molecule has 0 aromatic heterocycles. The van der Waals surface area contributed by atoms with Gasteiger partial charge in [-0.15, -0.1) is 0 Å². The van der Waals surface area contributed by atoms with Crippen molar-refractivity contribution in [1.29, 1.82) is 0 Å². The van der Waals surface area contributed by atoms with Gasteiger partial charge >= 0.3 is 0 Å². The molecular formula is C14H20N2O4S. The van der Waals surface area contributed by atoms with E-state index in [1.807, 2.05) is 6.92 Å². The van der Waals surface area contributed by atoms with Crippen molar-refractivity contribution in [2.24, 2.45) is 11.7 Å². The lowest BCUT2D eigenvalue weighted by Crippen LogP contribution is -2.41. The molecule has 6 nitrogen and oxygen atoms in total. The van der Waals surface area contributed by atoms with Gasteiger partial charge in [-0.25, -0.2) is 8.42 Å². The Bertz CT molecular complexity index is 612. The molecule has 3 atom stereocenters. The number of hydrogen-bond acceptors (Lipinski definition) is 5. The maximum absolute atomic E-state index is 12.1. The summed E-state index contributed by atoms with van der Waals surface area (Å²) in [6.45, 7) is 2.58. The van der Waals surface area contributed by atoms with E-state index >= 15 is 0 Å². The summed E-state index contributed by atoms with van der Waals surface area (Å²) in [6.07, 6.45) is 1.16. The number of amides is 1. The highest BCUT2D eigenvalue weighted by Gasteiger charge is 2.31. The number of carbonyl (C=O) groups is 1. The predicted octanol–water partition coefficient (Wildman–Crippen LogP) is 0.241. The molecule has 7 heteroatoms. The van der Waals surface area contributed by atoms with E-state index in [0.717, 1.165) is 11.8 Å². The number of rotatable bonds is 4. The van der Waals surface area contributed by atoms with Gasteiger partial charge < -0.3 is 15.8 Å². The second-order valence-corrected chi connectivity index (χ2v) is 7.40. The zero-order valence-corrected chi connectivity index (χ0v) is 12.9. The third-order valence-corrected chi connectivity index (χ3v) is 4.76. The summed E-state index contributed by atoms with van der Waals surface area (Å²) in [6, 6.07) is 5.98. The van der Waals surface area contributed by atoms with E-state index in [-0.39, 0.29) is 28.8 Å². The molecule has 0 saturated carbocycles. The molecule has 21 heavy (non-hydrogen) atoms. The normalized spacial score (nSPS) is 23.8. The number of benzene rings is 1. The van der Waals surface area contributed by atoms with Crippen LogP contribution in [0.1, 0.15) is 18.5 Å². The Morgan fingerprint density at radius 2 is 1.95 bits per heavy atom. The van der Waals surface area contributed by atoms with Crippen LogP contribution in [-0.4, -0.2) is 39.8 Å². The summed E-state index contributed by atoms with van der Waals surface area (Å²) in [5.74, 6) is -0.470. The number of nitrogens with one attached hydrogen (secondary N) is 1. The van der Waals surface area contributed by atoms with Gasteiger partial charge in [-0.2, -0.15) is 0 Å². The maximum atomic E-state index is 12.1. The second kappa shape index (κ2) is 6.13. The minimum absolute atomic E-state index is 0.139. The number of sulfone groups is 1. The first-order chi connectivity index (χ1) is 9.79. The van der Waals surface area contributed by atoms with Crippen molar-refractivity contribution in [3.8, 4) is 0 Å². The Balaban J connectivity index is 2.03. The molecule has 1 amide bonds. The lowest BCUT2D eigenvalue weighted by Gasteiger charge is -2.19. The highest BCUT2D eigenvalue weighted by molar-refractivity contribution is 7.90. The molecule has 1 aliphatic rings. The average Bonchev–Trinajstić information content (AvgIpc) is 2.84. The van der Waals surface area contributed by atoms with Crippen LogP contribution in [0.15, 0.2) is 29.2 Å². The van der Waals surface area contributed by atoms with E-state index in [1.54, 1.807) is 12.1 Å². The lowest BCUT2D eigenvalue weighted by molar-refractivity contribution is -0.125. The smallest absolute Gasteiger partial charge is 0.227 e. The monoisotopic (exact) mass is 312 g/mol. The molecule has 3 N–H and O–H groups in total. The second-order valence-electron chi connectivity index (χ2n) is 5.38. The highest BCUT2D eigenvalue weighted by Crippen LogP contribution is 2.18. The maximum Gasteiger partial charge on any atom is 0.227 e. The van der Waals surface area contributed by atoms with Crippen molar-refractivity contribution < 1.29 is 17.9 Å². The van der Waals surface area contributed by atoms with Crippen LogP contribution in [0.5, 0.6) is 0 Å². The average molecular weight is 312 g/mol. The summed E-state index contributed by atoms with van der Waals surface area (Å²) >= 11 is 0. The quantitative estimate of drug-likeness (QED) is 0.830. The van der Waals surface area contributed by atoms with E-state index in [4.69, 9.17) is 10.5 Å². The number of ether oxygens (including phenoxy) is 1. The molecule has 1 saturated heterocycles. The first-order valence-corrected chi connectivity index (χ1v) is 8.62. The van der Waals surface area contributed by atoms with Gasteiger partial charge in [0.1, 0.15) is 0 Å². The van der Waals surface area contributed by atoms with E-state index in [0.29, 0.717) is 13.2 Å². The van der Waals surface area contributed by atoms with Crippen molar-refractivity contribution in [3.05, 3.63) is 29.8 Å². The van der Waals surface area contributed by atoms with Crippen molar-refractivity contribution in [1.82, 2.24) is 5.32 Å². The van der Waals surface area contributed by atoms with Crippen LogP contribution in [0.2, 0.25) is 0 Å². The predicted molar refractivity (Wildman–Crippen MR) is 78.4 cm³/mol. The molecule has 1 aromatic carbocycles. The molecule has 3 unspecified atom stereocenters. The zero-order valence-electron chi connectivity index (χ0n) is 12.1. The number of nitrogens with two attached hydrogens (primary N) is 1. The molecule has 0 spiro atoms. The van der Waals surface area contributed by atoms with Crippen LogP contribution in [0.4, 0.5) is 0 Å². The lowest BCUT2D eigenvalue weighted by atomic mass is 10.0. The number of hydrogen-bond donors (Lipinski definition) is 2. The molecule has 1 heterocycles. The van der Waals surface area contributed by atoms with E-state index in [9.17, 15) is 13.2 Å². The van der Waals surface area contributed by atoms with Gasteiger partial charge in [-0.3, -0.25) is 4.79 Å². The van der Waals surface area contributed by atoms with Crippen LogP contribution >= 0.6 is 0 Å². The Labute approximate surface area is 124 Å². The topological polar surface area (TPSA) is 98.5 Å². The van der Waals surface area contributed by atoms with Gasteiger partial charge in [0.05, 0.1) is 30.1 Å². The Morgan fingerprint density at radius 3 is 2.43 bits per heavy atom. The van der Waals surface area contributed by atoms with Gasteiger partial charge in [-0.1, -0.05) is 12.1 Å². The van der Waals surface area contributed by atoms with Gasteiger partial charge in [0.15, 0.2) is 9.84 Å². The molecule has 2 rings (SSSR count). The third kappa shape index (κ3) is 3.81. The first-order valence-electron chi connectivity index (χ1n) is 6.73. The Kier molecular flexibility index (Phi) is 4.65. The fraction of sp³-hybridized carbons (Fsp3) is 0.500. The molecule has 1 aliphatic heterocycles. The highest BCUT2D eigenvalue weighted by atomic mass is 32.2. The summed E-state index contributed by atoms with van der Waals surface area (Å²) < 4.78 is 28.0. The van der Waals surface area contributed by atoms with Gasteiger partial charge in [-0.05, 0) is 24.6 Å². The first kappa shape index (κ1) is 15.9. The summed E-state index contributed by atoms with van der Waals surface area (Å²) in [7, 11) is -3.21. The standard InChI is InChI=1S/C14H20N2O4S/c1-9(16-14(17)12-7-20-8-13(12)15)10-3-5-11(6-4-10)21(2,18)19/h3-6,9,12-13H,7-8,15H2,1-2H3,(H,16,17). The summed E-state index contributed by atoms with van der Waals surface area (Å²) in [5.41, 5.74) is 6.65. The van der Waals surface area contributed by atoms with Crippen molar-refractivity contribution in [2.75, 3.05) is 19.5 Å². The minimum Gasteiger partial charge on any atom is -0.379 e. The molecular weight excluding hydrogens is 292 g/mol. The van der Waals surface area contributed by atoms with Crippen LogP contribution in [0.3, 0.4) is 0 Å². The SMILES string of the molecule is CC(NC(=O)C1COCC1N)c1ccc(S(C)(=O)=O)cc1. The van der Waals surface area contributed by atoms with Gasteiger partial charge in [0.25, 0.3) is 0 Å². The molecule has 0 aliphatic carbocycles. The van der Waals surface area contributed by atoms with Crippen LogP contribution in [-0.2, 0) is 19.4 Å². The summed E-state index contributed by atoms with van der Waals surface area (Å²) in [5, 5.41) is 2.88. The van der Waals surface area contributed by atoms with E-state index in [2.05, 4.69) is 5.32 Å². The largest absolute Gasteiger partial charge is 0.379 e. The van der Waals surface area contributed by atoms with E-state index < -0.39 is 9.84 Å².